The largest absolute Gasteiger partial charge is 0.464 e. The molecule has 0 saturated carbocycles. The lowest BCUT2D eigenvalue weighted by molar-refractivity contribution is -0.00292. The SMILES string of the molecule is CC(C)(C)OC(=O)N1CC(F)(F)CC1[C@@H]1COS(=O)N1C(=O)O. The number of rotatable bonds is 1. The quantitative estimate of drug-likeness (QED) is 0.766. The van der Waals surface area contributed by atoms with E-state index >= 15 is 0 Å². The van der Waals surface area contributed by atoms with Gasteiger partial charge in [0.15, 0.2) is 0 Å². The van der Waals surface area contributed by atoms with Crippen molar-refractivity contribution in [1.29, 1.82) is 0 Å². The fourth-order valence-corrected chi connectivity index (χ4v) is 3.47. The van der Waals surface area contributed by atoms with Gasteiger partial charge in [-0.1, -0.05) is 0 Å². The van der Waals surface area contributed by atoms with Gasteiger partial charge in [-0.05, 0) is 20.8 Å². The maximum atomic E-state index is 13.8. The van der Waals surface area contributed by atoms with E-state index in [1.54, 1.807) is 20.8 Å². The lowest BCUT2D eigenvalue weighted by Gasteiger charge is -2.32. The maximum Gasteiger partial charge on any atom is 0.421 e. The van der Waals surface area contributed by atoms with Gasteiger partial charge in [-0.15, -0.1) is 0 Å². The molecule has 0 bridgehead atoms. The number of nitrogens with zero attached hydrogens (tertiary/aromatic N) is 2. The van der Waals surface area contributed by atoms with Crippen LogP contribution in [-0.2, 0) is 20.2 Å². The van der Waals surface area contributed by atoms with Gasteiger partial charge in [-0.3, -0.25) is 9.08 Å². The number of amides is 2. The fourth-order valence-electron chi connectivity index (χ4n) is 2.55. The molecule has 2 fully saturated rings. The van der Waals surface area contributed by atoms with Crippen molar-refractivity contribution in [3.05, 3.63) is 0 Å². The predicted molar refractivity (Wildman–Crippen MR) is 74.0 cm³/mol. The second kappa shape index (κ2) is 5.86. The Morgan fingerprint density at radius 2 is 1.96 bits per heavy atom. The van der Waals surface area contributed by atoms with Crippen LogP contribution >= 0.6 is 0 Å². The lowest BCUT2D eigenvalue weighted by atomic mass is 10.1. The standard InChI is InChI=1S/C12H18F2N2O6S/c1-11(2,3)22-10(19)15-6-12(13,14)4-7(15)8-5-21-23(20)16(8)9(17)18/h7-8H,4-6H2,1-3H3,(H,17,18)/t7?,8-,23?/m0/s1. The summed E-state index contributed by atoms with van der Waals surface area (Å²) in [5, 5.41) is 9.09. The summed E-state index contributed by atoms with van der Waals surface area (Å²) < 4.78 is 49.4. The van der Waals surface area contributed by atoms with Gasteiger partial charge in [-0.2, -0.15) is 4.31 Å². The summed E-state index contributed by atoms with van der Waals surface area (Å²) in [4.78, 5) is 24.1. The number of hydrogen-bond donors (Lipinski definition) is 1. The highest BCUT2D eigenvalue weighted by Gasteiger charge is 2.55. The summed E-state index contributed by atoms with van der Waals surface area (Å²) >= 11 is -2.28. The van der Waals surface area contributed by atoms with E-state index in [0.717, 1.165) is 4.90 Å². The summed E-state index contributed by atoms with van der Waals surface area (Å²) in [6.45, 7) is 3.55. The molecule has 2 aliphatic rings. The molecule has 8 nitrogen and oxygen atoms in total. The van der Waals surface area contributed by atoms with Crippen molar-refractivity contribution in [2.24, 2.45) is 0 Å². The van der Waals surface area contributed by atoms with E-state index in [0.29, 0.717) is 4.31 Å². The number of halogens is 2. The summed E-state index contributed by atoms with van der Waals surface area (Å²) in [5.41, 5.74) is -0.888. The predicted octanol–water partition coefficient (Wildman–Crippen LogP) is 1.59. The third-order valence-corrected chi connectivity index (χ3v) is 4.46. The molecule has 2 unspecified atom stereocenters. The molecule has 2 aliphatic heterocycles. The Labute approximate surface area is 134 Å². The van der Waals surface area contributed by atoms with E-state index in [-0.39, 0.29) is 6.61 Å². The first kappa shape index (κ1) is 17.9. The Bertz CT molecular complexity index is 538. The monoisotopic (exact) mass is 356 g/mol. The number of hydrogen-bond acceptors (Lipinski definition) is 5. The van der Waals surface area contributed by atoms with E-state index in [4.69, 9.17) is 14.0 Å². The van der Waals surface area contributed by atoms with Crippen molar-refractivity contribution >= 4 is 23.5 Å². The topological polar surface area (TPSA) is 96.4 Å². The summed E-state index contributed by atoms with van der Waals surface area (Å²) in [5.74, 6) is -3.18. The highest BCUT2D eigenvalue weighted by molar-refractivity contribution is 7.78. The van der Waals surface area contributed by atoms with E-state index < -0.39 is 60.0 Å². The molecule has 0 aromatic heterocycles. The molecular weight excluding hydrogens is 338 g/mol. The number of carboxylic acid groups (broad SMARTS) is 1. The molecule has 0 aromatic carbocycles. The molecule has 11 heteroatoms. The Morgan fingerprint density at radius 3 is 2.48 bits per heavy atom. The van der Waals surface area contributed by atoms with Crippen LogP contribution in [0.15, 0.2) is 0 Å². The van der Waals surface area contributed by atoms with E-state index in [1.165, 1.54) is 0 Å². The number of carbonyl (C=O) groups is 2. The Balaban J connectivity index is 2.25. The van der Waals surface area contributed by atoms with E-state index in [2.05, 4.69) is 0 Å². The molecule has 0 spiro atoms. The molecule has 132 valence electrons. The number of ether oxygens (including phenoxy) is 1. The Hall–Kier alpha value is -1.49. The lowest BCUT2D eigenvalue weighted by Crippen LogP contribution is -2.51. The first-order valence-electron chi connectivity index (χ1n) is 6.86. The molecular formula is C12H18F2N2O6S. The molecule has 2 heterocycles. The fraction of sp³-hybridized carbons (Fsp3) is 0.833. The van der Waals surface area contributed by atoms with Crippen LogP contribution in [-0.4, -0.2) is 67.5 Å². The minimum absolute atomic E-state index is 0.334. The van der Waals surface area contributed by atoms with Gasteiger partial charge in [0.25, 0.3) is 17.2 Å². The molecule has 23 heavy (non-hydrogen) atoms. The highest BCUT2D eigenvalue weighted by Crippen LogP contribution is 2.37. The van der Waals surface area contributed by atoms with Crippen LogP contribution in [0.2, 0.25) is 0 Å². The first-order chi connectivity index (χ1) is 10.4. The molecule has 1 N–H and O–H groups in total. The van der Waals surface area contributed by atoms with Crippen molar-refractivity contribution in [3.8, 4) is 0 Å². The van der Waals surface area contributed by atoms with Crippen molar-refractivity contribution in [2.45, 2.75) is 50.8 Å². The summed E-state index contributed by atoms with van der Waals surface area (Å²) in [6, 6.07) is -2.32. The van der Waals surface area contributed by atoms with Gasteiger partial charge >= 0.3 is 12.2 Å². The van der Waals surface area contributed by atoms with E-state index in [9.17, 15) is 22.6 Å². The number of likely N-dealkylation sites (tertiary alicyclic amines) is 1. The second-order valence-electron chi connectivity index (χ2n) is 6.41. The molecule has 2 amide bonds. The summed E-state index contributed by atoms with van der Waals surface area (Å²) in [6.07, 6.45) is -3.28. The van der Waals surface area contributed by atoms with Crippen molar-refractivity contribution < 1.29 is 36.6 Å². The van der Waals surface area contributed by atoms with E-state index in [1.807, 2.05) is 0 Å². The van der Waals surface area contributed by atoms with Gasteiger partial charge in [0.05, 0.1) is 25.2 Å². The van der Waals surface area contributed by atoms with Crippen LogP contribution in [0.4, 0.5) is 18.4 Å². The third kappa shape index (κ3) is 3.89. The number of carbonyl (C=O) groups excluding carboxylic acids is 1. The van der Waals surface area contributed by atoms with Crippen LogP contribution in [0.25, 0.3) is 0 Å². The van der Waals surface area contributed by atoms with Gasteiger partial charge < -0.3 is 9.84 Å². The van der Waals surface area contributed by atoms with Crippen molar-refractivity contribution in [3.63, 3.8) is 0 Å². The normalized spacial score (nSPS) is 30.6. The molecule has 0 aliphatic carbocycles. The zero-order valence-electron chi connectivity index (χ0n) is 12.8. The minimum atomic E-state index is -3.18. The minimum Gasteiger partial charge on any atom is -0.464 e. The molecule has 3 atom stereocenters. The Kier molecular flexibility index (Phi) is 4.55. The zero-order chi connectivity index (χ0) is 17.6. The van der Waals surface area contributed by atoms with Crippen molar-refractivity contribution in [2.75, 3.05) is 13.2 Å². The molecule has 2 rings (SSSR count). The van der Waals surface area contributed by atoms with Gasteiger partial charge in [0, 0.05) is 6.42 Å². The van der Waals surface area contributed by atoms with Crippen molar-refractivity contribution in [1.82, 2.24) is 9.21 Å². The third-order valence-electron chi connectivity index (χ3n) is 3.37. The first-order valence-corrected chi connectivity index (χ1v) is 7.89. The average Bonchev–Trinajstić information content (AvgIpc) is 2.87. The van der Waals surface area contributed by atoms with Gasteiger partial charge in [0.1, 0.15) is 5.60 Å². The number of alkyl halides is 2. The highest BCUT2D eigenvalue weighted by atomic mass is 32.2. The van der Waals surface area contributed by atoms with Crippen LogP contribution in [0.3, 0.4) is 0 Å². The summed E-state index contributed by atoms with van der Waals surface area (Å²) in [7, 11) is 0. The zero-order valence-corrected chi connectivity index (χ0v) is 13.6. The van der Waals surface area contributed by atoms with Crippen LogP contribution in [0, 0.1) is 0 Å². The molecule has 0 aromatic rings. The van der Waals surface area contributed by atoms with Crippen LogP contribution in [0.1, 0.15) is 27.2 Å². The maximum absolute atomic E-state index is 13.8. The second-order valence-corrected chi connectivity index (χ2v) is 7.48. The average molecular weight is 356 g/mol. The van der Waals surface area contributed by atoms with Gasteiger partial charge in [-0.25, -0.2) is 22.6 Å². The van der Waals surface area contributed by atoms with Crippen LogP contribution < -0.4 is 0 Å². The van der Waals surface area contributed by atoms with Gasteiger partial charge in [0.2, 0.25) is 0 Å². The molecule has 0 radical (unpaired) electrons. The smallest absolute Gasteiger partial charge is 0.421 e. The molecule has 2 saturated heterocycles. The van der Waals surface area contributed by atoms with Crippen LogP contribution in [0.5, 0.6) is 0 Å². The Morgan fingerprint density at radius 1 is 1.35 bits per heavy atom.